The lowest BCUT2D eigenvalue weighted by Crippen LogP contribution is -2.41. The highest BCUT2D eigenvalue weighted by atomic mass is 35.5. The van der Waals surface area contributed by atoms with Crippen molar-refractivity contribution in [3.63, 3.8) is 0 Å². The van der Waals surface area contributed by atoms with Crippen LogP contribution in [-0.4, -0.2) is 54.8 Å². The number of aromatic nitrogens is 1. The zero-order valence-electron chi connectivity index (χ0n) is 19.1. The maximum atomic E-state index is 11.1. The topological polar surface area (TPSA) is 57.6 Å². The van der Waals surface area contributed by atoms with Gasteiger partial charge in [0, 0.05) is 36.8 Å². The van der Waals surface area contributed by atoms with Gasteiger partial charge in [0.15, 0.2) is 0 Å². The van der Waals surface area contributed by atoms with Gasteiger partial charge in [0.1, 0.15) is 5.75 Å². The van der Waals surface area contributed by atoms with E-state index < -0.39 is 6.10 Å². The molecule has 3 aromatic rings. The molecule has 0 amide bonds. The second-order valence-electron chi connectivity index (χ2n) is 8.66. The molecule has 0 saturated carbocycles. The number of likely N-dealkylation sites (tertiary alicyclic amines) is 1. The number of methoxy groups -OCH3 is 1. The minimum atomic E-state index is -0.685. The molecule has 0 bridgehead atoms. The SMILES string of the molecule is COc1ccc2ncc(Cl)c(C(O)CN3CCCC(CNCC=Cc4ccccc4)C3)c2c1. The highest BCUT2D eigenvalue weighted by Crippen LogP contribution is 2.33. The number of pyridine rings is 1. The van der Waals surface area contributed by atoms with E-state index in [1.165, 1.54) is 12.0 Å². The van der Waals surface area contributed by atoms with Gasteiger partial charge in [0.05, 0.1) is 23.8 Å². The number of nitrogens with one attached hydrogen (secondary N) is 1. The van der Waals surface area contributed by atoms with Crippen molar-refractivity contribution in [1.29, 1.82) is 0 Å². The van der Waals surface area contributed by atoms with Gasteiger partial charge in [-0.05, 0) is 55.6 Å². The predicted molar refractivity (Wildman–Crippen MR) is 136 cm³/mol. The third-order valence-corrected chi connectivity index (χ3v) is 6.54. The molecule has 2 N–H and O–H groups in total. The van der Waals surface area contributed by atoms with Crippen LogP contribution in [0.2, 0.25) is 5.02 Å². The first-order chi connectivity index (χ1) is 16.1. The van der Waals surface area contributed by atoms with Gasteiger partial charge in [0.25, 0.3) is 0 Å². The van der Waals surface area contributed by atoms with Crippen LogP contribution in [0.3, 0.4) is 0 Å². The smallest absolute Gasteiger partial charge is 0.119 e. The molecule has 4 rings (SSSR count). The number of fused-ring (bicyclic) bond motifs is 1. The Morgan fingerprint density at radius 3 is 2.94 bits per heavy atom. The lowest BCUT2D eigenvalue weighted by atomic mass is 9.96. The summed E-state index contributed by atoms with van der Waals surface area (Å²) < 4.78 is 5.37. The van der Waals surface area contributed by atoms with Gasteiger partial charge < -0.3 is 20.1 Å². The number of aliphatic hydroxyl groups excluding tert-OH is 1. The Morgan fingerprint density at radius 2 is 2.12 bits per heavy atom. The van der Waals surface area contributed by atoms with Gasteiger partial charge in [-0.1, -0.05) is 54.1 Å². The number of hydrogen-bond donors (Lipinski definition) is 2. The lowest BCUT2D eigenvalue weighted by molar-refractivity contribution is 0.0852. The first kappa shape index (κ1) is 23.7. The molecule has 2 aromatic carbocycles. The largest absolute Gasteiger partial charge is 0.497 e. The molecule has 1 aromatic heterocycles. The van der Waals surface area contributed by atoms with Crippen molar-refractivity contribution in [2.24, 2.45) is 5.92 Å². The van der Waals surface area contributed by atoms with Crippen LogP contribution in [0.5, 0.6) is 5.75 Å². The van der Waals surface area contributed by atoms with Crippen LogP contribution in [0.15, 0.2) is 60.8 Å². The third kappa shape index (κ3) is 6.33. The Kier molecular flexibility index (Phi) is 8.35. The quantitative estimate of drug-likeness (QED) is 0.438. The van der Waals surface area contributed by atoms with Gasteiger partial charge >= 0.3 is 0 Å². The van der Waals surface area contributed by atoms with E-state index in [1.54, 1.807) is 13.3 Å². The molecular formula is C27H32ClN3O2. The Hall–Kier alpha value is -2.44. The lowest BCUT2D eigenvalue weighted by Gasteiger charge is -2.34. The zero-order valence-corrected chi connectivity index (χ0v) is 19.8. The standard InChI is InChI=1S/C27H32ClN3O2/c1-33-22-11-12-25-23(15-22)27(24(28)17-30-25)26(32)19-31-14-6-10-21(18-31)16-29-13-5-9-20-7-3-2-4-8-20/h2-5,7-9,11-12,15,17,21,26,29,32H,6,10,13-14,16,18-19H2,1H3. The molecule has 1 aliphatic heterocycles. The van der Waals surface area contributed by atoms with Crippen LogP contribution in [0.1, 0.15) is 30.1 Å². The van der Waals surface area contributed by atoms with Crippen LogP contribution in [0, 0.1) is 5.92 Å². The number of nitrogens with zero attached hydrogens (tertiary/aromatic N) is 2. The second kappa shape index (κ2) is 11.6. The number of ether oxygens (including phenoxy) is 1. The molecule has 2 atom stereocenters. The summed E-state index contributed by atoms with van der Waals surface area (Å²) in [6.45, 7) is 4.35. The molecule has 0 radical (unpaired) electrons. The minimum Gasteiger partial charge on any atom is -0.497 e. The van der Waals surface area contributed by atoms with E-state index in [4.69, 9.17) is 16.3 Å². The maximum absolute atomic E-state index is 11.1. The summed E-state index contributed by atoms with van der Waals surface area (Å²) in [6, 6.07) is 16.0. The van der Waals surface area contributed by atoms with E-state index in [-0.39, 0.29) is 0 Å². The molecule has 1 saturated heterocycles. The van der Waals surface area contributed by atoms with Crippen molar-refractivity contribution in [2.45, 2.75) is 18.9 Å². The molecule has 2 heterocycles. The summed E-state index contributed by atoms with van der Waals surface area (Å²) in [6.07, 6.45) is 7.60. The van der Waals surface area contributed by atoms with Gasteiger partial charge in [-0.2, -0.15) is 0 Å². The number of aliphatic hydroxyl groups is 1. The first-order valence-electron chi connectivity index (χ1n) is 11.6. The average molecular weight is 466 g/mol. The number of rotatable bonds is 9. The van der Waals surface area contributed by atoms with Crippen LogP contribution in [0.25, 0.3) is 17.0 Å². The minimum absolute atomic E-state index is 0.490. The Morgan fingerprint density at radius 1 is 1.27 bits per heavy atom. The third-order valence-electron chi connectivity index (χ3n) is 6.24. The van der Waals surface area contributed by atoms with E-state index in [0.29, 0.717) is 17.5 Å². The van der Waals surface area contributed by atoms with Crippen LogP contribution in [-0.2, 0) is 0 Å². The highest BCUT2D eigenvalue weighted by Gasteiger charge is 2.24. The Bertz CT molecular complexity index is 1070. The molecule has 6 heteroatoms. The molecule has 0 spiro atoms. The van der Waals surface area contributed by atoms with Crippen molar-refractivity contribution in [3.8, 4) is 5.75 Å². The predicted octanol–water partition coefficient (Wildman–Crippen LogP) is 4.95. The van der Waals surface area contributed by atoms with Crippen molar-refractivity contribution in [1.82, 2.24) is 15.2 Å². The Balaban J connectivity index is 1.33. The van der Waals surface area contributed by atoms with Gasteiger partial charge in [-0.3, -0.25) is 4.98 Å². The van der Waals surface area contributed by atoms with E-state index >= 15 is 0 Å². The number of β-amino-alcohol motifs (C(OH)–C–C–N with tert-alkyl or cyclic N) is 1. The zero-order chi connectivity index (χ0) is 23.0. The van der Waals surface area contributed by atoms with Gasteiger partial charge in [0.2, 0.25) is 0 Å². The maximum Gasteiger partial charge on any atom is 0.119 e. The normalized spacial score (nSPS) is 18.1. The molecule has 1 aliphatic rings. The summed E-state index contributed by atoms with van der Waals surface area (Å²) in [5.41, 5.74) is 2.75. The van der Waals surface area contributed by atoms with Gasteiger partial charge in [-0.25, -0.2) is 0 Å². The first-order valence-corrected chi connectivity index (χ1v) is 12.0. The summed E-state index contributed by atoms with van der Waals surface area (Å²) in [5.74, 6) is 1.30. The molecule has 5 nitrogen and oxygen atoms in total. The fourth-order valence-corrected chi connectivity index (χ4v) is 4.86. The van der Waals surface area contributed by atoms with Crippen molar-refractivity contribution < 1.29 is 9.84 Å². The monoisotopic (exact) mass is 465 g/mol. The summed E-state index contributed by atoms with van der Waals surface area (Å²) in [5, 5.41) is 16.0. The van der Waals surface area contributed by atoms with E-state index in [9.17, 15) is 5.11 Å². The summed E-state index contributed by atoms with van der Waals surface area (Å²) in [7, 11) is 1.63. The molecule has 1 fully saturated rings. The fourth-order valence-electron chi connectivity index (χ4n) is 4.58. The van der Waals surface area contributed by atoms with E-state index in [0.717, 1.165) is 54.8 Å². The Labute approximate surface area is 201 Å². The highest BCUT2D eigenvalue weighted by molar-refractivity contribution is 6.32. The van der Waals surface area contributed by atoms with Crippen molar-refractivity contribution in [3.05, 3.63) is 77.0 Å². The van der Waals surface area contributed by atoms with Crippen molar-refractivity contribution >= 4 is 28.6 Å². The number of benzene rings is 2. The molecule has 0 aliphatic carbocycles. The summed E-state index contributed by atoms with van der Waals surface area (Å²) in [4.78, 5) is 6.75. The molecule has 33 heavy (non-hydrogen) atoms. The molecule has 2 unspecified atom stereocenters. The van der Waals surface area contributed by atoms with Crippen LogP contribution in [0.4, 0.5) is 0 Å². The molecule has 174 valence electrons. The van der Waals surface area contributed by atoms with E-state index in [2.05, 4.69) is 51.6 Å². The average Bonchev–Trinajstić information content (AvgIpc) is 2.84. The van der Waals surface area contributed by atoms with Crippen LogP contribution < -0.4 is 10.1 Å². The number of piperidine rings is 1. The van der Waals surface area contributed by atoms with Gasteiger partial charge in [-0.15, -0.1) is 0 Å². The summed E-state index contributed by atoms with van der Waals surface area (Å²) >= 11 is 6.48. The van der Waals surface area contributed by atoms with Crippen LogP contribution >= 0.6 is 11.6 Å². The van der Waals surface area contributed by atoms with Crippen molar-refractivity contribution in [2.75, 3.05) is 39.8 Å². The van der Waals surface area contributed by atoms with E-state index in [1.807, 2.05) is 24.3 Å². The fraction of sp³-hybridized carbons (Fsp3) is 0.370. The molecular weight excluding hydrogens is 434 g/mol. The number of hydrogen-bond acceptors (Lipinski definition) is 5. The number of halogens is 1. The second-order valence-corrected chi connectivity index (χ2v) is 9.07.